The predicted molar refractivity (Wildman–Crippen MR) is 53.7 cm³/mol. The number of halogens is 1. The highest BCUT2D eigenvalue weighted by atomic mass is 19.1. The van der Waals surface area contributed by atoms with Crippen molar-refractivity contribution in [2.45, 2.75) is 12.2 Å². The summed E-state index contributed by atoms with van der Waals surface area (Å²) in [6, 6.07) is 6.06. The summed E-state index contributed by atoms with van der Waals surface area (Å²) in [5, 5.41) is 0. The van der Waals surface area contributed by atoms with Crippen molar-refractivity contribution in [2.24, 2.45) is 5.73 Å². The Morgan fingerprint density at radius 3 is 2.33 bits per heavy atom. The van der Waals surface area contributed by atoms with E-state index in [1.165, 1.54) is 12.1 Å². The van der Waals surface area contributed by atoms with Crippen LogP contribution in [-0.4, -0.2) is 19.8 Å². The van der Waals surface area contributed by atoms with E-state index in [2.05, 4.69) is 0 Å². The normalized spacial score (nSPS) is 20.1. The minimum atomic E-state index is -0.883. The molecule has 15 heavy (non-hydrogen) atoms. The molecular weight excluding hydrogens is 197 g/mol. The quantitative estimate of drug-likeness (QED) is 0.803. The first-order valence-corrected chi connectivity index (χ1v) is 5.01. The lowest BCUT2D eigenvalue weighted by atomic mass is 10.0. The maximum Gasteiger partial charge on any atom is 0.207 e. The number of benzene rings is 1. The van der Waals surface area contributed by atoms with Gasteiger partial charge in [0.15, 0.2) is 0 Å². The molecule has 0 radical (unpaired) electrons. The third-order valence-corrected chi connectivity index (χ3v) is 2.51. The van der Waals surface area contributed by atoms with E-state index in [-0.39, 0.29) is 12.4 Å². The van der Waals surface area contributed by atoms with Crippen molar-refractivity contribution in [3.05, 3.63) is 35.6 Å². The van der Waals surface area contributed by atoms with Crippen LogP contribution in [0, 0.1) is 5.82 Å². The largest absolute Gasteiger partial charge is 0.345 e. The van der Waals surface area contributed by atoms with E-state index in [0.717, 1.165) is 12.0 Å². The minimum absolute atomic E-state index is 0.235. The molecule has 0 aliphatic carbocycles. The summed E-state index contributed by atoms with van der Waals surface area (Å²) >= 11 is 0. The lowest BCUT2D eigenvalue weighted by Gasteiger charge is -2.36. The second-order valence-corrected chi connectivity index (χ2v) is 3.51. The van der Waals surface area contributed by atoms with E-state index in [1.54, 1.807) is 12.1 Å². The van der Waals surface area contributed by atoms with Crippen LogP contribution in [0.15, 0.2) is 24.3 Å². The van der Waals surface area contributed by atoms with Gasteiger partial charge in [0.1, 0.15) is 5.82 Å². The van der Waals surface area contributed by atoms with Crippen molar-refractivity contribution in [1.82, 2.24) is 0 Å². The Morgan fingerprint density at radius 2 is 1.80 bits per heavy atom. The molecule has 1 aliphatic rings. The molecule has 82 valence electrons. The number of rotatable bonds is 2. The molecule has 0 saturated carbocycles. The van der Waals surface area contributed by atoms with E-state index >= 15 is 0 Å². The topological polar surface area (TPSA) is 44.5 Å². The molecule has 3 nitrogen and oxygen atoms in total. The van der Waals surface area contributed by atoms with Gasteiger partial charge in [0.05, 0.1) is 19.8 Å². The fraction of sp³-hybridized carbons (Fsp3) is 0.455. The van der Waals surface area contributed by atoms with Crippen molar-refractivity contribution in [3.63, 3.8) is 0 Å². The van der Waals surface area contributed by atoms with Gasteiger partial charge in [0, 0.05) is 5.56 Å². The molecule has 0 bridgehead atoms. The molecule has 0 aromatic heterocycles. The Hall–Kier alpha value is -0.970. The summed E-state index contributed by atoms with van der Waals surface area (Å²) in [7, 11) is 0. The van der Waals surface area contributed by atoms with E-state index in [1.807, 2.05) is 0 Å². The van der Waals surface area contributed by atoms with Crippen molar-refractivity contribution in [3.8, 4) is 0 Å². The number of hydrogen-bond donors (Lipinski definition) is 1. The molecule has 4 heteroatoms. The Labute approximate surface area is 88.0 Å². The molecule has 1 saturated heterocycles. The van der Waals surface area contributed by atoms with Gasteiger partial charge in [-0.3, -0.25) is 0 Å². The molecule has 1 heterocycles. The van der Waals surface area contributed by atoms with Crippen LogP contribution < -0.4 is 5.73 Å². The van der Waals surface area contributed by atoms with E-state index < -0.39 is 5.79 Å². The lowest BCUT2D eigenvalue weighted by Crippen LogP contribution is -2.44. The van der Waals surface area contributed by atoms with Gasteiger partial charge in [-0.2, -0.15) is 0 Å². The summed E-state index contributed by atoms with van der Waals surface area (Å²) in [5.74, 6) is -1.16. The van der Waals surface area contributed by atoms with Gasteiger partial charge < -0.3 is 15.2 Å². The standard InChI is InChI=1S/C11H14FNO2/c12-10-4-2-9(3-5-10)11(8-13)14-6-1-7-15-11/h2-5H,1,6-8,13H2. The zero-order valence-electron chi connectivity index (χ0n) is 8.41. The van der Waals surface area contributed by atoms with E-state index in [4.69, 9.17) is 15.2 Å². The number of ether oxygens (including phenoxy) is 2. The molecule has 1 aromatic rings. The molecule has 1 fully saturated rings. The Morgan fingerprint density at radius 1 is 1.20 bits per heavy atom. The van der Waals surface area contributed by atoms with Crippen molar-refractivity contribution in [2.75, 3.05) is 19.8 Å². The van der Waals surface area contributed by atoms with Crippen LogP contribution in [0.4, 0.5) is 4.39 Å². The molecule has 1 aliphatic heterocycles. The average molecular weight is 211 g/mol. The maximum atomic E-state index is 12.8. The van der Waals surface area contributed by atoms with Gasteiger partial charge in [0.2, 0.25) is 5.79 Å². The lowest BCUT2D eigenvalue weighted by molar-refractivity contribution is -0.269. The first-order chi connectivity index (χ1) is 7.27. The molecule has 2 rings (SSSR count). The summed E-state index contributed by atoms with van der Waals surface area (Å²) in [6.45, 7) is 1.47. The van der Waals surface area contributed by atoms with Crippen LogP contribution in [0.25, 0.3) is 0 Å². The van der Waals surface area contributed by atoms with Crippen molar-refractivity contribution < 1.29 is 13.9 Å². The maximum absolute atomic E-state index is 12.8. The first kappa shape index (κ1) is 10.5. The SMILES string of the molecule is NCC1(c2ccc(F)cc2)OCCCO1. The second-order valence-electron chi connectivity index (χ2n) is 3.51. The molecule has 1 aromatic carbocycles. The molecule has 2 N–H and O–H groups in total. The molecule has 0 atom stereocenters. The Balaban J connectivity index is 2.28. The van der Waals surface area contributed by atoms with Crippen LogP contribution in [0.2, 0.25) is 0 Å². The summed E-state index contributed by atoms with van der Waals surface area (Å²) < 4.78 is 23.9. The predicted octanol–water partition coefficient (Wildman–Crippen LogP) is 1.37. The average Bonchev–Trinajstić information content (AvgIpc) is 2.31. The third-order valence-electron chi connectivity index (χ3n) is 2.51. The zero-order valence-corrected chi connectivity index (χ0v) is 8.41. The fourth-order valence-electron chi connectivity index (χ4n) is 1.68. The summed E-state index contributed by atoms with van der Waals surface area (Å²) in [4.78, 5) is 0. The third kappa shape index (κ3) is 2.02. The van der Waals surface area contributed by atoms with Crippen LogP contribution in [0.5, 0.6) is 0 Å². The Kier molecular flexibility index (Phi) is 3.00. The number of nitrogens with two attached hydrogens (primary N) is 1. The second kappa shape index (κ2) is 4.26. The van der Waals surface area contributed by atoms with E-state index in [9.17, 15) is 4.39 Å². The summed E-state index contributed by atoms with van der Waals surface area (Å²) in [6.07, 6.45) is 0.864. The van der Waals surface area contributed by atoms with Crippen LogP contribution in [0.3, 0.4) is 0 Å². The first-order valence-electron chi connectivity index (χ1n) is 5.01. The molecular formula is C11H14FNO2. The molecule has 0 spiro atoms. The van der Waals surface area contributed by atoms with Crippen molar-refractivity contribution in [1.29, 1.82) is 0 Å². The Bertz CT molecular complexity index is 320. The van der Waals surface area contributed by atoms with Crippen LogP contribution in [0.1, 0.15) is 12.0 Å². The molecule has 0 amide bonds. The summed E-state index contributed by atoms with van der Waals surface area (Å²) in [5.41, 5.74) is 6.43. The van der Waals surface area contributed by atoms with Crippen LogP contribution in [-0.2, 0) is 15.3 Å². The minimum Gasteiger partial charge on any atom is -0.345 e. The monoisotopic (exact) mass is 211 g/mol. The van der Waals surface area contributed by atoms with Gasteiger partial charge in [-0.1, -0.05) is 12.1 Å². The highest BCUT2D eigenvalue weighted by Crippen LogP contribution is 2.29. The highest BCUT2D eigenvalue weighted by Gasteiger charge is 2.35. The van der Waals surface area contributed by atoms with Gasteiger partial charge in [-0.25, -0.2) is 4.39 Å². The van der Waals surface area contributed by atoms with Gasteiger partial charge in [-0.05, 0) is 18.6 Å². The fourth-order valence-corrected chi connectivity index (χ4v) is 1.68. The smallest absolute Gasteiger partial charge is 0.207 e. The zero-order chi connectivity index (χ0) is 10.7. The van der Waals surface area contributed by atoms with Gasteiger partial charge in [-0.15, -0.1) is 0 Å². The van der Waals surface area contributed by atoms with Gasteiger partial charge in [0.25, 0.3) is 0 Å². The van der Waals surface area contributed by atoms with Crippen LogP contribution >= 0.6 is 0 Å². The highest BCUT2D eigenvalue weighted by molar-refractivity contribution is 5.22. The molecule has 0 unspecified atom stereocenters. The van der Waals surface area contributed by atoms with Gasteiger partial charge >= 0.3 is 0 Å². The van der Waals surface area contributed by atoms with E-state index in [0.29, 0.717) is 13.2 Å². The van der Waals surface area contributed by atoms with Crippen molar-refractivity contribution >= 4 is 0 Å². The number of hydrogen-bond acceptors (Lipinski definition) is 3.